The molecule has 128 valence electrons. The van der Waals surface area contributed by atoms with Crippen molar-refractivity contribution in [2.75, 3.05) is 46.9 Å². The van der Waals surface area contributed by atoms with Gasteiger partial charge in [-0.3, -0.25) is 4.99 Å². The molecule has 0 bridgehead atoms. The molecule has 2 rings (SSSR count). The highest BCUT2D eigenvalue weighted by Crippen LogP contribution is 2.11. The molecule has 1 saturated heterocycles. The third-order valence-electron chi connectivity index (χ3n) is 4.23. The number of nitrogens with one attached hydrogen (secondary N) is 2. The minimum Gasteiger partial charge on any atom is -0.497 e. The van der Waals surface area contributed by atoms with Gasteiger partial charge in [-0.25, -0.2) is 0 Å². The maximum Gasteiger partial charge on any atom is 0.190 e. The van der Waals surface area contributed by atoms with Crippen LogP contribution in [0.3, 0.4) is 0 Å². The van der Waals surface area contributed by atoms with Gasteiger partial charge in [-0.15, -0.1) is 0 Å². The number of nitrogens with zero attached hydrogens (tertiary/aromatic N) is 2. The van der Waals surface area contributed by atoms with E-state index in [2.05, 4.69) is 32.7 Å². The highest BCUT2D eigenvalue weighted by molar-refractivity contribution is 5.79. The van der Waals surface area contributed by atoms with Crippen LogP contribution in [0, 0.1) is 0 Å². The van der Waals surface area contributed by atoms with E-state index in [-0.39, 0.29) is 0 Å². The molecular weight excluding hydrogens is 288 g/mol. The summed E-state index contributed by atoms with van der Waals surface area (Å²) in [4.78, 5) is 6.82. The molecule has 0 unspecified atom stereocenters. The molecule has 0 amide bonds. The number of hydrogen-bond acceptors (Lipinski definition) is 3. The lowest BCUT2D eigenvalue weighted by Crippen LogP contribution is -2.39. The van der Waals surface area contributed by atoms with Crippen LogP contribution in [0.4, 0.5) is 0 Å². The zero-order chi connectivity index (χ0) is 16.3. The number of likely N-dealkylation sites (tertiary alicyclic amines) is 1. The Bertz CT molecular complexity index is 466. The van der Waals surface area contributed by atoms with Crippen molar-refractivity contribution in [3.63, 3.8) is 0 Å². The molecule has 2 N–H and O–H groups in total. The van der Waals surface area contributed by atoms with Crippen molar-refractivity contribution in [3.05, 3.63) is 29.8 Å². The van der Waals surface area contributed by atoms with Crippen LogP contribution in [0.25, 0.3) is 0 Å². The SMILES string of the molecule is CN=C(NCCCN1CCCC1)NCCc1ccc(OC)cc1. The second kappa shape index (κ2) is 10.1. The Morgan fingerprint density at radius 1 is 1.13 bits per heavy atom. The Labute approximate surface area is 140 Å². The van der Waals surface area contributed by atoms with Crippen LogP contribution in [0.2, 0.25) is 0 Å². The van der Waals surface area contributed by atoms with E-state index >= 15 is 0 Å². The summed E-state index contributed by atoms with van der Waals surface area (Å²) in [6, 6.07) is 8.21. The van der Waals surface area contributed by atoms with E-state index in [0.29, 0.717) is 0 Å². The van der Waals surface area contributed by atoms with Crippen molar-refractivity contribution in [1.82, 2.24) is 15.5 Å². The van der Waals surface area contributed by atoms with Gasteiger partial charge < -0.3 is 20.3 Å². The predicted octanol–water partition coefficient (Wildman–Crippen LogP) is 1.89. The first-order valence-corrected chi connectivity index (χ1v) is 8.61. The molecule has 0 radical (unpaired) electrons. The lowest BCUT2D eigenvalue weighted by Gasteiger charge is -2.16. The molecule has 5 nitrogen and oxygen atoms in total. The molecule has 0 aliphatic carbocycles. The minimum absolute atomic E-state index is 0.873. The van der Waals surface area contributed by atoms with E-state index in [4.69, 9.17) is 4.74 Å². The Morgan fingerprint density at radius 2 is 1.83 bits per heavy atom. The summed E-state index contributed by atoms with van der Waals surface area (Å²) in [7, 11) is 3.51. The van der Waals surface area contributed by atoms with Crippen molar-refractivity contribution in [1.29, 1.82) is 0 Å². The molecule has 1 heterocycles. The highest BCUT2D eigenvalue weighted by atomic mass is 16.5. The van der Waals surface area contributed by atoms with Gasteiger partial charge >= 0.3 is 0 Å². The van der Waals surface area contributed by atoms with Crippen LogP contribution in [-0.2, 0) is 6.42 Å². The molecule has 5 heteroatoms. The summed E-state index contributed by atoms with van der Waals surface area (Å²) in [6.45, 7) is 5.58. The monoisotopic (exact) mass is 318 g/mol. The summed E-state index contributed by atoms with van der Waals surface area (Å²) in [5, 5.41) is 6.76. The third kappa shape index (κ3) is 6.48. The minimum atomic E-state index is 0.873. The van der Waals surface area contributed by atoms with Gasteiger partial charge in [0, 0.05) is 20.1 Å². The number of rotatable bonds is 8. The Morgan fingerprint density at radius 3 is 2.48 bits per heavy atom. The van der Waals surface area contributed by atoms with E-state index in [0.717, 1.165) is 31.2 Å². The van der Waals surface area contributed by atoms with E-state index in [1.165, 1.54) is 44.5 Å². The number of aliphatic imine (C=N–C) groups is 1. The van der Waals surface area contributed by atoms with Crippen molar-refractivity contribution in [2.45, 2.75) is 25.7 Å². The first-order chi connectivity index (χ1) is 11.3. The fourth-order valence-corrected chi connectivity index (χ4v) is 2.85. The van der Waals surface area contributed by atoms with Crippen molar-refractivity contribution < 1.29 is 4.74 Å². The summed E-state index contributed by atoms with van der Waals surface area (Å²) in [6.07, 6.45) is 4.86. The summed E-state index contributed by atoms with van der Waals surface area (Å²) in [5.41, 5.74) is 1.29. The van der Waals surface area contributed by atoms with Gasteiger partial charge in [0.05, 0.1) is 7.11 Å². The maximum absolute atomic E-state index is 5.17. The van der Waals surface area contributed by atoms with Crippen LogP contribution < -0.4 is 15.4 Å². The Balaban J connectivity index is 1.58. The average molecular weight is 318 g/mol. The smallest absolute Gasteiger partial charge is 0.190 e. The summed E-state index contributed by atoms with van der Waals surface area (Å²) >= 11 is 0. The molecule has 0 spiro atoms. The van der Waals surface area contributed by atoms with Gasteiger partial charge in [-0.2, -0.15) is 0 Å². The molecule has 1 aliphatic rings. The lowest BCUT2D eigenvalue weighted by atomic mass is 10.1. The quantitative estimate of drug-likeness (QED) is 0.437. The standard InChI is InChI=1S/C18H30N4O/c1-19-18(20-11-5-15-22-13-3-4-14-22)21-12-10-16-6-8-17(23-2)9-7-16/h6-9H,3-5,10-15H2,1-2H3,(H2,19,20,21). The van der Waals surface area contributed by atoms with Gasteiger partial charge in [0.2, 0.25) is 0 Å². The van der Waals surface area contributed by atoms with Crippen LogP contribution in [0.15, 0.2) is 29.3 Å². The second-order valence-corrected chi connectivity index (χ2v) is 5.93. The number of methoxy groups -OCH3 is 1. The van der Waals surface area contributed by atoms with Crippen LogP contribution >= 0.6 is 0 Å². The van der Waals surface area contributed by atoms with Gasteiger partial charge in [0.15, 0.2) is 5.96 Å². The van der Waals surface area contributed by atoms with Crippen LogP contribution in [0.1, 0.15) is 24.8 Å². The normalized spacial score (nSPS) is 15.7. The lowest BCUT2D eigenvalue weighted by molar-refractivity contribution is 0.334. The third-order valence-corrected chi connectivity index (χ3v) is 4.23. The zero-order valence-electron chi connectivity index (χ0n) is 14.5. The summed E-state index contributed by atoms with van der Waals surface area (Å²) in [5.74, 6) is 1.79. The van der Waals surface area contributed by atoms with Crippen molar-refractivity contribution >= 4 is 5.96 Å². The molecule has 0 saturated carbocycles. The van der Waals surface area contributed by atoms with Gasteiger partial charge in [0.25, 0.3) is 0 Å². The Kier molecular flexibility index (Phi) is 7.73. The molecule has 23 heavy (non-hydrogen) atoms. The first kappa shape index (κ1) is 17.6. The molecular formula is C18H30N4O. The van der Waals surface area contributed by atoms with E-state index in [9.17, 15) is 0 Å². The van der Waals surface area contributed by atoms with E-state index < -0.39 is 0 Å². The molecule has 0 atom stereocenters. The average Bonchev–Trinajstić information content (AvgIpc) is 3.11. The molecule has 0 aromatic heterocycles. The number of ether oxygens (including phenoxy) is 1. The van der Waals surface area contributed by atoms with Crippen LogP contribution in [-0.4, -0.2) is 57.7 Å². The van der Waals surface area contributed by atoms with Crippen molar-refractivity contribution in [3.8, 4) is 5.75 Å². The van der Waals surface area contributed by atoms with Gasteiger partial charge in [-0.1, -0.05) is 12.1 Å². The first-order valence-electron chi connectivity index (χ1n) is 8.61. The number of guanidine groups is 1. The molecule has 1 aliphatic heterocycles. The predicted molar refractivity (Wildman–Crippen MR) is 96.4 cm³/mol. The fourth-order valence-electron chi connectivity index (χ4n) is 2.85. The zero-order valence-corrected chi connectivity index (χ0v) is 14.5. The van der Waals surface area contributed by atoms with Crippen LogP contribution in [0.5, 0.6) is 5.75 Å². The number of benzene rings is 1. The van der Waals surface area contributed by atoms with E-state index in [1.807, 2.05) is 19.2 Å². The number of hydrogen-bond donors (Lipinski definition) is 2. The van der Waals surface area contributed by atoms with Gasteiger partial charge in [-0.05, 0) is 63.0 Å². The molecule has 1 fully saturated rings. The second-order valence-electron chi connectivity index (χ2n) is 5.93. The molecule has 1 aromatic carbocycles. The van der Waals surface area contributed by atoms with E-state index in [1.54, 1.807) is 7.11 Å². The fraction of sp³-hybridized carbons (Fsp3) is 0.611. The Hall–Kier alpha value is -1.75. The maximum atomic E-state index is 5.17. The molecule has 1 aromatic rings. The van der Waals surface area contributed by atoms with Gasteiger partial charge in [0.1, 0.15) is 5.75 Å². The van der Waals surface area contributed by atoms with Crippen molar-refractivity contribution in [2.24, 2.45) is 4.99 Å². The largest absolute Gasteiger partial charge is 0.497 e. The topological polar surface area (TPSA) is 48.9 Å². The summed E-state index contributed by atoms with van der Waals surface area (Å²) < 4.78 is 5.17. The highest BCUT2D eigenvalue weighted by Gasteiger charge is 2.10.